The van der Waals surface area contributed by atoms with Gasteiger partial charge in [-0.25, -0.2) is 0 Å². The van der Waals surface area contributed by atoms with Crippen LogP contribution in [0.5, 0.6) is 5.75 Å². The minimum absolute atomic E-state index is 0.0946. The van der Waals surface area contributed by atoms with E-state index in [0.717, 1.165) is 0 Å². The van der Waals surface area contributed by atoms with Gasteiger partial charge in [0.05, 0.1) is 13.2 Å². The first-order chi connectivity index (χ1) is 11.0. The van der Waals surface area contributed by atoms with Crippen molar-refractivity contribution >= 4 is 5.91 Å². The van der Waals surface area contributed by atoms with Crippen LogP contribution in [0.2, 0.25) is 0 Å². The summed E-state index contributed by atoms with van der Waals surface area (Å²) in [6.07, 6.45) is 0. The molecule has 0 saturated carbocycles. The molecule has 1 amide bonds. The smallest absolute Gasteiger partial charge is 0.251 e. The van der Waals surface area contributed by atoms with Gasteiger partial charge < -0.3 is 15.0 Å². The Hall–Kier alpha value is -2.33. The van der Waals surface area contributed by atoms with Crippen molar-refractivity contribution in [3.05, 3.63) is 65.2 Å². The van der Waals surface area contributed by atoms with Gasteiger partial charge in [-0.1, -0.05) is 35.9 Å². The molecule has 0 fully saturated rings. The number of nitrogens with zero attached hydrogens (tertiary/aromatic N) is 1. The van der Waals surface area contributed by atoms with E-state index in [0.29, 0.717) is 17.9 Å². The normalized spacial score (nSPS) is 12.0. The first kappa shape index (κ1) is 17.0. The molecule has 122 valence electrons. The SMILES string of the molecule is COc1cccc(C(=O)NC[C@@H](c2ccc(C)cc2)N(C)C)c1. The second kappa shape index (κ2) is 7.79. The molecule has 23 heavy (non-hydrogen) atoms. The Bertz CT molecular complexity index is 651. The molecule has 2 aromatic carbocycles. The highest BCUT2D eigenvalue weighted by atomic mass is 16.5. The van der Waals surface area contributed by atoms with E-state index in [9.17, 15) is 4.79 Å². The van der Waals surface area contributed by atoms with Gasteiger partial charge in [-0.15, -0.1) is 0 Å². The fraction of sp³-hybridized carbons (Fsp3) is 0.316. The third-order valence-corrected chi connectivity index (χ3v) is 3.87. The van der Waals surface area contributed by atoms with Crippen molar-refractivity contribution in [2.24, 2.45) is 0 Å². The van der Waals surface area contributed by atoms with Crippen molar-refractivity contribution in [1.82, 2.24) is 10.2 Å². The van der Waals surface area contributed by atoms with Crippen LogP contribution < -0.4 is 10.1 Å². The maximum absolute atomic E-state index is 12.3. The Morgan fingerprint density at radius 1 is 1.17 bits per heavy atom. The number of ether oxygens (including phenoxy) is 1. The lowest BCUT2D eigenvalue weighted by atomic mass is 10.0. The summed E-state index contributed by atoms with van der Waals surface area (Å²) in [7, 11) is 5.63. The molecule has 1 atom stereocenters. The molecule has 1 N–H and O–H groups in total. The fourth-order valence-corrected chi connectivity index (χ4v) is 2.44. The average molecular weight is 312 g/mol. The Balaban J connectivity index is 2.06. The molecule has 2 rings (SSSR count). The van der Waals surface area contributed by atoms with E-state index < -0.39 is 0 Å². The number of carbonyl (C=O) groups excluding carboxylic acids is 1. The molecule has 0 heterocycles. The highest BCUT2D eigenvalue weighted by Gasteiger charge is 2.16. The molecule has 0 aliphatic carbocycles. The van der Waals surface area contributed by atoms with E-state index in [2.05, 4.69) is 41.4 Å². The summed E-state index contributed by atoms with van der Waals surface area (Å²) in [5.74, 6) is 0.586. The minimum Gasteiger partial charge on any atom is -0.497 e. The maximum Gasteiger partial charge on any atom is 0.251 e. The Morgan fingerprint density at radius 2 is 1.87 bits per heavy atom. The number of likely N-dealkylation sites (N-methyl/N-ethyl adjacent to an activating group) is 1. The molecule has 0 aliphatic rings. The van der Waals surface area contributed by atoms with Gasteiger partial charge in [-0.2, -0.15) is 0 Å². The molecular weight excluding hydrogens is 288 g/mol. The monoisotopic (exact) mass is 312 g/mol. The van der Waals surface area contributed by atoms with Gasteiger partial charge in [-0.3, -0.25) is 4.79 Å². The second-order valence-corrected chi connectivity index (χ2v) is 5.83. The minimum atomic E-state index is -0.0946. The maximum atomic E-state index is 12.3. The van der Waals surface area contributed by atoms with Gasteiger partial charge in [0.25, 0.3) is 5.91 Å². The highest BCUT2D eigenvalue weighted by Crippen LogP contribution is 2.18. The van der Waals surface area contributed by atoms with Gasteiger partial charge in [0.2, 0.25) is 0 Å². The van der Waals surface area contributed by atoms with Crippen LogP contribution >= 0.6 is 0 Å². The molecule has 0 spiro atoms. The van der Waals surface area contributed by atoms with Crippen LogP contribution in [-0.4, -0.2) is 38.6 Å². The number of carbonyl (C=O) groups is 1. The standard InChI is InChI=1S/C19H24N2O2/c1-14-8-10-15(11-9-14)18(21(2)3)13-20-19(22)16-6-5-7-17(12-16)23-4/h5-12,18H,13H2,1-4H3,(H,20,22)/t18-/m0/s1. The lowest BCUT2D eigenvalue weighted by Gasteiger charge is -2.25. The van der Waals surface area contributed by atoms with Crippen molar-refractivity contribution in [1.29, 1.82) is 0 Å². The van der Waals surface area contributed by atoms with Crippen LogP contribution in [0.4, 0.5) is 0 Å². The summed E-state index contributed by atoms with van der Waals surface area (Å²) in [4.78, 5) is 14.4. The van der Waals surface area contributed by atoms with Gasteiger partial charge in [0.15, 0.2) is 0 Å². The zero-order chi connectivity index (χ0) is 16.8. The lowest BCUT2D eigenvalue weighted by molar-refractivity contribution is 0.0941. The fourth-order valence-electron chi connectivity index (χ4n) is 2.44. The number of hydrogen-bond donors (Lipinski definition) is 1. The molecule has 0 aliphatic heterocycles. The molecule has 4 heteroatoms. The van der Waals surface area contributed by atoms with E-state index in [4.69, 9.17) is 4.74 Å². The van der Waals surface area contributed by atoms with Crippen LogP contribution in [0.3, 0.4) is 0 Å². The van der Waals surface area contributed by atoms with Crippen LogP contribution in [0.15, 0.2) is 48.5 Å². The van der Waals surface area contributed by atoms with Gasteiger partial charge in [-0.05, 0) is 44.8 Å². The van der Waals surface area contributed by atoms with Crippen molar-refractivity contribution in [3.63, 3.8) is 0 Å². The predicted molar refractivity (Wildman–Crippen MR) is 92.9 cm³/mol. The highest BCUT2D eigenvalue weighted by molar-refractivity contribution is 5.94. The second-order valence-electron chi connectivity index (χ2n) is 5.83. The molecule has 4 nitrogen and oxygen atoms in total. The van der Waals surface area contributed by atoms with Crippen molar-refractivity contribution in [2.75, 3.05) is 27.7 Å². The zero-order valence-electron chi connectivity index (χ0n) is 14.2. The summed E-state index contributed by atoms with van der Waals surface area (Å²) in [6, 6.07) is 15.7. The summed E-state index contributed by atoms with van der Waals surface area (Å²) >= 11 is 0. The average Bonchev–Trinajstić information content (AvgIpc) is 2.56. The number of aryl methyl sites for hydroxylation is 1. The largest absolute Gasteiger partial charge is 0.497 e. The number of methoxy groups -OCH3 is 1. The van der Waals surface area contributed by atoms with Crippen LogP contribution in [-0.2, 0) is 0 Å². The van der Waals surface area contributed by atoms with Crippen LogP contribution in [0.1, 0.15) is 27.5 Å². The van der Waals surface area contributed by atoms with Crippen LogP contribution in [0, 0.1) is 6.92 Å². The van der Waals surface area contributed by atoms with Crippen molar-refractivity contribution < 1.29 is 9.53 Å². The quantitative estimate of drug-likeness (QED) is 0.891. The zero-order valence-corrected chi connectivity index (χ0v) is 14.2. The first-order valence-corrected chi connectivity index (χ1v) is 7.66. The first-order valence-electron chi connectivity index (χ1n) is 7.66. The molecule has 0 unspecified atom stereocenters. The molecule has 0 aromatic heterocycles. The van der Waals surface area contributed by atoms with E-state index in [1.54, 1.807) is 19.2 Å². The van der Waals surface area contributed by atoms with E-state index in [1.807, 2.05) is 26.2 Å². The third-order valence-electron chi connectivity index (χ3n) is 3.87. The summed E-state index contributed by atoms with van der Waals surface area (Å²) in [5.41, 5.74) is 3.02. The predicted octanol–water partition coefficient (Wildman–Crippen LogP) is 3.04. The molecule has 0 radical (unpaired) electrons. The number of amides is 1. The molecule has 0 bridgehead atoms. The molecular formula is C19H24N2O2. The summed E-state index contributed by atoms with van der Waals surface area (Å²) in [5, 5.41) is 3.01. The van der Waals surface area contributed by atoms with Crippen molar-refractivity contribution in [3.8, 4) is 5.75 Å². The van der Waals surface area contributed by atoms with Gasteiger partial charge >= 0.3 is 0 Å². The topological polar surface area (TPSA) is 41.6 Å². The Morgan fingerprint density at radius 3 is 2.48 bits per heavy atom. The Labute approximate surface area is 138 Å². The molecule has 2 aromatic rings. The van der Waals surface area contributed by atoms with E-state index in [-0.39, 0.29) is 11.9 Å². The number of benzene rings is 2. The van der Waals surface area contributed by atoms with Crippen molar-refractivity contribution in [2.45, 2.75) is 13.0 Å². The molecule has 0 saturated heterocycles. The number of rotatable bonds is 6. The van der Waals surface area contributed by atoms with E-state index in [1.165, 1.54) is 11.1 Å². The Kier molecular flexibility index (Phi) is 5.77. The van der Waals surface area contributed by atoms with Crippen LogP contribution in [0.25, 0.3) is 0 Å². The van der Waals surface area contributed by atoms with Gasteiger partial charge in [0.1, 0.15) is 5.75 Å². The number of nitrogens with one attached hydrogen (secondary N) is 1. The third kappa shape index (κ3) is 4.57. The van der Waals surface area contributed by atoms with Gasteiger partial charge in [0, 0.05) is 12.1 Å². The lowest BCUT2D eigenvalue weighted by Crippen LogP contribution is -2.34. The van der Waals surface area contributed by atoms with E-state index >= 15 is 0 Å². The number of hydrogen-bond acceptors (Lipinski definition) is 3. The summed E-state index contributed by atoms with van der Waals surface area (Å²) in [6.45, 7) is 2.62. The summed E-state index contributed by atoms with van der Waals surface area (Å²) < 4.78 is 5.16.